The van der Waals surface area contributed by atoms with E-state index in [0.29, 0.717) is 44.2 Å². The highest BCUT2D eigenvalue weighted by Gasteiger charge is 2.32. The Bertz CT molecular complexity index is 659. The molecule has 1 aliphatic heterocycles. The van der Waals surface area contributed by atoms with Crippen LogP contribution in [-0.4, -0.2) is 72.7 Å². The molecule has 1 heterocycles. The van der Waals surface area contributed by atoms with Crippen LogP contribution in [0.3, 0.4) is 0 Å². The Labute approximate surface area is 163 Å². The van der Waals surface area contributed by atoms with Gasteiger partial charge < -0.3 is 20.1 Å². The molecule has 1 fully saturated rings. The number of ether oxygens (including phenoxy) is 1. The number of amides is 2. The zero-order valence-electron chi connectivity index (χ0n) is 15.2. The third-order valence-corrected chi connectivity index (χ3v) is 4.67. The normalized spacial score (nSPS) is 15.9. The predicted octanol–water partition coefficient (Wildman–Crippen LogP) is 1.75. The lowest BCUT2D eigenvalue weighted by Gasteiger charge is -2.38. The number of halogens is 1. The Morgan fingerprint density at radius 2 is 1.81 bits per heavy atom. The number of benzene rings is 1. The van der Waals surface area contributed by atoms with Gasteiger partial charge in [-0.05, 0) is 24.1 Å². The number of piperazine rings is 1. The summed E-state index contributed by atoms with van der Waals surface area (Å²) in [6.45, 7) is 2.29. The molecule has 0 spiro atoms. The lowest BCUT2D eigenvalue weighted by atomic mass is 10.0. The summed E-state index contributed by atoms with van der Waals surface area (Å²) < 4.78 is 4.95. The van der Waals surface area contributed by atoms with Gasteiger partial charge in [0.05, 0.1) is 7.11 Å². The fourth-order valence-electron chi connectivity index (χ4n) is 2.98. The topological polar surface area (TPSA) is 99.2 Å². The van der Waals surface area contributed by atoms with E-state index in [1.165, 1.54) is 7.11 Å². The van der Waals surface area contributed by atoms with E-state index in [1.54, 1.807) is 29.2 Å². The van der Waals surface area contributed by atoms with Crippen molar-refractivity contribution in [3.05, 3.63) is 34.9 Å². The quantitative estimate of drug-likeness (QED) is 0.537. The maximum absolute atomic E-state index is 12.3. The first-order valence-electron chi connectivity index (χ1n) is 8.74. The lowest BCUT2D eigenvalue weighted by Crippen LogP contribution is -2.53. The van der Waals surface area contributed by atoms with Crippen molar-refractivity contribution in [2.75, 3.05) is 39.8 Å². The Balaban J connectivity index is 1.91. The molecular weight excluding hydrogens is 374 g/mol. The number of rotatable bonds is 7. The highest BCUT2D eigenvalue weighted by Crippen LogP contribution is 2.25. The van der Waals surface area contributed by atoms with Gasteiger partial charge >= 0.3 is 18.0 Å². The number of aliphatic carboxylic acids is 1. The number of hydrogen-bond acceptors (Lipinski definition) is 5. The third-order valence-electron chi connectivity index (χ3n) is 4.42. The van der Waals surface area contributed by atoms with Crippen molar-refractivity contribution in [3.8, 4) is 0 Å². The van der Waals surface area contributed by atoms with Crippen LogP contribution >= 0.6 is 11.6 Å². The zero-order chi connectivity index (χ0) is 19.8. The molecule has 8 nitrogen and oxygen atoms in total. The molecule has 1 aliphatic rings. The molecule has 2 amide bonds. The first-order valence-corrected chi connectivity index (χ1v) is 9.12. The summed E-state index contributed by atoms with van der Waals surface area (Å²) in [6, 6.07) is 6.28. The SMILES string of the molecule is COC(=O)C(c1ccc(Cl)cc1)N1CCN(C(=O)NCCCC(=O)O)CC1. The summed E-state index contributed by atoms with van der Waals surface area (Å²) in [7, 11) is 1.35. The highest BCUT2D eigenvalue weighted by molar-refractivity contribution is 6.30. The number of carboxylic acid groups (broad SMARTS) is 1. The number of esters is 1. The van der Waals surface area contributed by atoms with E-state index < -0.39 is 12.0 Å². The molecule has 1 atom stereocenters. The van der Waals surface area contributed by atoms with Crippen LogP contribution in [0.1, 0.15) is 24.4 Å². The second kappa shape index (κ2) is 10.1. The molecule has 148 valence electrons. The van der Waals surface area contributed by atoms with Crippen molar-refractivity contribution in [1.29, 1.82) is 0 Å². The number of nitrogens with one attached hydrogen (secondary N) is 1. The van der Waals surface area contributed by atoms with Gasteiger partial charge in [-0.2, -0.15) is 0 Å². The second-order valence-electron chi connectivity index (χ2n) is 6.23. The van der Waals surface area contributed by atoms with Gasteiger partial charge in [0, 0.05) is 44.2 Å². The molecule has 0 aliphatic carbocycles. The summed E-state index contributed by atoms with van der Waals surface area (Å²) in [6.07, 6.45) is 0.415. The van der Waals surface area contributed by atoms with Gasteiger partial charge in [-0.1, -0.05) is 23.7 Å². The monoisotopic (exact) mass is 397 g/mol. The standard InChI is InChI=1S/C18H24ClN3O5/c1-27-17(25)16(13-4-6-14(19)7-5-13)21-9-11-22(12-10-21)18(26)20-8-2-3-15(23)24/h4-7,16H,2-3,8-12H2,1H3,(H,20,26)(H,23,24). The third kappa shape index (κ3) is 6.11. The number of carboxylic acids is 1. The highest BCUT2D eigenvalue weighted by atomic mass is 35.5. The molecule has 1 aromatic rings. The number of urea groups is 1. The molecule has 27 heavy (non-hydrogen) atoms. The van der Waals surface area contributed by atoms with E-state index >= 15 is 0 Å². The summed E-state index contributed by atoms with van der Waals surface area (Å²) >= 11 is 5.93. The molecule has 2 rings (SSSR count). The van der Waals surface area contributed by atoms with Crippen LogP contribution in [0.15, 0.2) is 24.3 Å². The number of nitrogens with zero attached hydrogens (tertiary/aromatic N) is 2. The number of methoxy groups -OCH3 is 1. The Kier molecular flexibility index (Phi) is 7.87. The van der Waals surface area contributed by atoms with Crippen molar-refractivity contribution in [1.82, 2.24) is 15.1 Å². The van der Waals surface area contributed by atoms with Gasteiger partial charge in [-0.3, -0.25) is 9.69 Å². The van der Waals surface area contributed by atoms with E-state index in [4.69, 9.17) is 21.4 Å². The van der Waals surface area contributed by atoms with Gasteiger partial charge in [0.1, 0.15) is 6.04 Å². The number of hydrogen-bond donors (Lipinski definition) is 2. The molecule has 1 saturated heterocycles. The minimum absolute atomic E-state index is 0.0238. The lowest BCUT2D eigenvalue weighted by molar-refractivity contribution is -0.148. The molecule has 1 aromatic carbocycles. The van der Waals surface area contributed by atoms with Crippen LogP contribution in [0.5, 0.6) is 0 Å². The second-order valence-corrected chi connectivity index (χ2v) is 6.67. The number of carbonyl (C=O) groups is 3. The van der Waals surface area contributed by atoms with E-state index in [2.05, 4.69) is 5.32 Å². The Hall–Kier alpha value is -2.32. The van der Waals surface area contributed by atoms with Crippen molar-refractivity contribution in [3.63, 3.8) is 0 Å². The van der Waals surface area contributed by atoms with Gasteiger partial charge in [-0.25, -0.2) is 9.59 Å². The summed E-state index contributed by atoms with van der Waals surface area (Å²) in [5.41, 5.74) is 0.790. The maximum Gasteiger partial charge on any atom is 0.327 e. The molecule has 0 saturated carbocycles. The summed E-state index contributed by atoms with van der Waals surface area (Å²) in [4.78, 5) is 38.6. The van der Waals surface area contributed by atoms with Crippen molar-refractivity contribution in [2.45, 2.75) is 18.9 Å². The van der Waals surface area contributed by atoms with Gasteiger partial charge in [-0.15, -0.1) is 0 Å². The predicted molar refractivity (Wildman–Crippen MR) is 99.6 cm³/mol. The average molecular weight is 398 g/mol. The summed E-state index contributed by atoms with van der Waals surface area (Å²) in [5.74, 6) is -1.24. The van der Waals surface area contributed by atoms with E-state index in [1.807, 2.05) is 4.90 Å². The largest absolute Gasteiger partial charge is 0.481 e. The van der Waals surface area contributed by atoms with Crippen LogP contribution < -0.4 is 5.32 Å². The molecule has 0 bridgehead atoms. The maximum atomic E-state index is 12.3. The molecule has 0 radical (unpaired) electrons. The van der Waals surface area contributed by atoms with E-state index in [9.17, 15) is 14.4 Å². The van der Waals surface area contributed by atoms with Crippen molar-refractivity contribution in [2.24, 2.45) is 0 Å². The minimum Gasteiger partial charge on any atom is -0.481 e. The molecular formula is C18H24ClN3O5. The average Bonchev–Trinajstić information content (AvgIpc) is 2.67. The zero-order valence-corrected chi connectivity index (χ0v) is 15.9. The fraction of sp³-hybridized carbons (Fsp3) is 0.500. The van der Waals surface area contributed by atoms with Crippen LogP contribution in [-0.2, 0) is 14.3 Å². The van der Waals surface area contributed by atoms with Crippen molar-refractivity contribution < 1.29 is 24.2 Å². The van der Waals surface area contributed by atoms with Gasteiger partial charge in [0.15, 0.2) is 0 Å². The smallest absolute Gasteiger partial charge is 0.327 e. The molecule has 2 N–H and O–H groups in total. The molecule has 0 aromatic heterocycles. The van der Waals surface area contributed by atoms with Gasteiger partial charge in [0.25, 0.3) is 0 Å². The first kappa shape index (κ1) is 21.0. The van der Waals surface area contributed by atoms with Crippen LogP contribution in [0.4, 0.5) is 4.79 Å². The molecule has 1 unspecified atom stereocenters. The van der Waals surface area contributed by atoms with Crippen molar-refractivity contribution >= 4 is 29.6 Å². The van der Waals surface area contributed by atoms with Gasteiger partial charge in [0.2, 0.25) is 0 Å². The fourth-order valence-corrected chi connectivity index (χ4v) is 3.11. The van der Waals surface area contributed by atoms with Crippen LogP contribution in [0, 0.1) is 0 Å². The molecule has 9 heteroatoms. The van der Waals surface area contributed by atoms with Crippen LogP contribution in [0.25, 0.3) is 0 Å². The first-order chi connectivity index (χ1) is 12.9. The minimum atomic E-state index is -0.881. The Morgan fingerprint density at radius 1 is 1.19 bits per heavy atom. The Morgan fingerprint density at radius 3 is 2.37 bits per heavy atom. The van der Waals surface area contributed by atoms with Crippen LogP contribution in [0.2, 0.25) is 5.02 Å². The van der Waals surface area contributed by atoms with E-state index in [0.717, 1.165) is 5.56 Å². The summed E-state index contributed by atoms with van der Waals surface area (Å²) in [5, 5.41) is 11.9. The van der Waals surface area contributed by atoms with E-state index in [-0.39, 0.29) is 18.4 Å². The number of carbonyl (C=O) groups excluding carboxylic acids is 2.